The normalized spacial score (nSPS) is 15.5. The van der Waals surface area contributed by atoms with Gasteiger partial charge in [0.1, 0.15) is 5.82 Å². The fraction of sp³-hybridized carbons (Fsp3) is 0.286. The van der Waals surface area contributed by atoms with Crippen LogP contribution in [0.15, 0.2) is 52.7 Å². The van der Waals surface area contributed by atoms with Gasteiger partial charge in [0.2, 0.25) is 0 Å². The molecule has 0 aliphatic carbocycles. The van der Waals surface area contributed by atoms with E-state index in [1.54, 1.807) is 17.4 Å². The van der Waals surface area contributed by atoms with Gasteiger partial charge in [-0.2, -0.15) is 0 Å². The summed E-state index contributed by atoms with van der Waals surface area (Å²) in [6, 6.07) is 10.5. The van der Waals surface area contributed by atoms with Crippen molar-refractivity contribution in [1.82, 2.24) is 4.98 Å². The highest BCUT2D eigenvalue weighted by Gasteiger charge is 2.32. The molecule has 1 saturated heterocycles. The zero-order chi connectivity index (χ0) is 21.3. The SMILES string of the molecule is O=S(=O)(c1ccc(F)cc1)C1CCN(c2nc(Cc3ccc(Cl)cc3Cl)cs2)CC1. The third kappa shape index (κ3) is 4.64. The van der Waals surface area contributed by atoms with Crippen LogP contribution in [0.3, 0.4) is 0 Å². The van der Waals surface area contributed by atoms with Gasteiger partial charge < -0.3 is 4.90 Å². The van der Waals surface area contributed by atoms with Gasteiger partial charge in [-0.3, -0.25) is 0 Å². The van der Waals surface area contributed by atoms with Crippen LogP contribution in [-0.4, -0.2) is 31.7 Å². The van der Waals surface area contributed by atoms with E-state index in [1.165, 1.54) is 24.3 Å². The molecule has 1 aliphatic rings. The van der Waals surface area contributed by atoms with E-state index in [0.29, 0.717) is 42.4 Å². The van der Waals surface area contributed by atoms with E-state index >= 15 is 0 Å². The summed E-state index contributed by atoms with van der Waals surface area (Å²) >= 11 is 13.8. The van der Waals surface area contributed by atoms with Crippen LogP contribution in [0.2, 0.25) is 10.0 Å². The standard InChI is InChI=1S/C21H19Cl2FN2O2S2/c22-15-2-1-14(20(23)12-15)11-17-13-29-21(25-17)26-9-7-19(8-10-26)30(27,28)18-5-3-16(24)4-6-18/h1-6,12-13,19H,7-11H2. The minimum atomic E-state index is -3.46. The molecule has 0 unspecified atom stereocenters. The van der Waals surface area contributed by atoms with E-state index < -0.39 is 20.9 Å². The van der Waals surface area contributed by atoms with E-state index in [-0.39, 0.29) is 4.90 Å². The first-order chi connectivity index (χ1) is 14.3. The molecule has 2 aromatic carbocycles. The van der Waals surface area contributed by atoms with E-state index in [1.807, 2.05) is 17.5 Å². The number of halogens is 3. The van der Waals surface area contributed by atoms with Crippen LogP contribution >= 0.6 is 34.5 Å². The highest BCUT2D eigenvalue weighted by molar-refractivity contribution is 7.92. The Hall–Kier alpha value is -1.67. The Morgan fingerprint density at radius 2 is 1.80 bits per heavy atom. The number of anilines is 1. The van der Waals surface area contributed by atoms with Gasteiger partial charge >= 0.3 is 0 Å². The fourth-order valence-electron chi connectivity index (χ4n) is 3.56. The number of nitrogens with zero attached hydrogens (tertiary/aromatic N) is 2. The van der Waals surface area contributed by atoms with Crippen molar-refractivity contribution in [2.75, 3.05) is 18.0 Å². The molecule has 0 N–H and O–H groups in total. The van der Waals surface area contributed by atoms with E-state index in [9.17, 15) is 12.8 Å². The van der Waals surface area contributed by atoms with E-state index in [0.717, 1.165) is 16.4 Å². The molecule has 0 amide bonds. The van der Waals surface area contributed by atoms with Crippen LogP contribution in [0.1, 0.15) is 24.1 Å². The first-order valence-electron chi connectivity index (χ1n) is 9.45. The van der Waals surface area contributed by atoms with Crippen molar-refractivity contribution in [2.45, 2.75) is 29.4 Å². The topological polar surface area (TPSA) is 50.3 Å². The molecule has 4 rings (SSSR count). The molecule has 1 fully saturated rings. The molecule has 0 spiro atoms. The monoisotopic (exact) mass is 484 g/mol. The molecule has 0 bridgehead atoms. The number of hydrogen-bond donors (Lipinski definition) is 0. The van der Waals surface area contributed by atoms with Crippen molar-refractivity contribution in [1.29, 1.82) is 0 Å². The second-order valence-corrected chi connectivity index (χ2v) is 11.1. The minimum absolute atomic E-state index is 0.179. The largest absolute Gasteiger partial charge is 0.348 e. The summed E-state index contributed by atoms with van der Waals surface area (Å²) in [6.07, 6.45) is 1.64. The molecule has 3 aromatic rings. The van der Waals surface area contributed by atoms with Gasteiger partial charge in [-0.05, 0) is 54.8 Å². The quantitative estimate of drug-likeness (QED) is 0.440. The van der Waals surface area contributed by atoms with Crippen molar-refractivity contribution in [2.24, 2.45) is 0 Å². The van der Waals surface area contributed by atoms with Gasteiger partial charge in [0.05, 0.1) is 15.8 Å². The number of sulfone groups is 1. The first-order valence-corrected chi connectivity index (χ1v) is 12.6. The lowest BCUT2D eigenvalue weighted by atomic mass is 10.1. The number of hydrogen-bond acceptors (Lipinski definition) is 5. The summed E-state index contributed by atoms with van der Waals surface area (Å²) in [5.74, 6) is -0.441. The first kappa shape index (κ1) is 21.6. The zero-order valence-corrected chi connectivity index (χ0v) is 19.0. The summed E-state index contributed by atoms with van der Waals surface area (Å²) in [5.41, 5.74) is 1.88. The van der Waals surface area contributed by atoms with Crippen molar-refractivity contribution in [3.05, 3.63) is 75.0 Å². The summed E-state index contributed by atoms with van der Waals surface area (Å²) in [5, 5.41) is 3.63. The maximum atomic E-state index is 13.1. The number of benzene rings is 2. The van der Waals surface area contributed by atoms with E-state index in [2.05, 4.69) is 4.90 Å². The van der Waals surface area contributed by atoms with Crippen LogP contribution in [0, 0.1) is 5.82 Å². The van der Waals surface area contributed by atoms with E-state index in [4.69, 9.17) is 28.2 Å². The van der Waals surface area contributed by atoms with Crippen molar-refractivity contribution in [3.63, 3.8) is 0 Å². The molecular weight excluding hydrogens is 466 g/mol. The lowest BCUT2D eigenvalue weighted by Crippen LogP contribution is -2.39. The van der Waals surface area contributed by atoms with Crippen LogP contribution in [0.4, 0.5) is 9.52 Å². The molecule has 30 heavy (non-hydrogen) atoms. The summed E-state index contributed by atoms with van der Waals surface area (Å²) < 4.78 is 38.8. The molecule has 158 valence electrons. The summed E-state index contributed by atoms with van der Waals surface area (Å²) in [4.78, 5) is 7.01. The Morgan fingerprint density at radius 1 is 1.10 bits per heavy atom. The maximum absolute atomic E-state index is 13.1. The average Bonchev–Trinajstić information content (AvgIpc) is 3.19. The summed E-state index contributed by atoms with van der Waals surface area (Å²) in [7, 11) is -3.46. The predicted octanol–water partition coefficient (Wildman–Crippen LogP) is 5.62. The van der Waals surface area contributed by atoms with Crippen molar-refractivity contribution < 1.29 is 12.8 Å². The molecule has 9 heteroatoms. The van der Waals surface area contributed by atoms with Gasteiger partial charge in [0.25, 0.3) is 0 Å². The van der Waals surface area contributed by atoms with Gasteiger partial charge in [0, 0.05) is 34.9 Å². The van der Waals surface area contributed by atoms with Crippen molar-refractivity contribution in [3.8, 4) is 0 Å². The molecule has 1 aliphatic heterocycles. The minimum Gasteiger partial charge on any atom is -0.348 e. The van der Waals surface area contributed by atoms with Gasteiger partial charge in [-0.1, -0.05) is 29.3 Å². The Morgan fingerprint density at radius 3 is 2.47 bits per heavy atom. The number of rotatable bonds is 5. The van der Waals surface area contributed by atoms with Gasteiger partial charge in [-0.25, -0.2) is 17.8 Å². The Labute approximate surface area is 189 Å². The van der Waals surface area contributed by atoms with Crippen LogP contribution < -0.4 is 4.90 Å². The van der Waals surface area contributed by atoms with Gasteiger partial charge in [0.15, 0.2) is 15.0 Å². The summed E-state index contributed by atoms with van der Waals surface area (Å²) in [6.45, 7) is 1.22. The molecule has 4 nitrogen and oxygen atoms in total. The Kier molecular flexibility index (Phi) is 6.34. The molecular formula is C21H19Cl2FN2O2S2. The molecule has 0 atom stereocenters. The van der Waals surface area contributed by atoms with Gasteiger partial charge in [-0.15, -0.1) is 11.3 Å². The average molecular weight is 485 g/mol. The van der Waals surface area contributed by atoms with Crippen LogP contribution in [0.5, 0.6) is 0 Å². The maximum Gasteiger partial charge on any atom is 0.185 e. The van der Waals surface area contributed by atoms with Crippen LogP contribution in [0.25, 0.3) is 0 Å². The lowest BCUT2D eigenvalue weighted by molar-refractivity contribution is 0.529. The second kappa shape index (κ2) is 8.83. The predicted molar refractivity (Wildman–Crippen MR) is 120 cm³/mol. The number of thiazole rings is 1. The molecule has 0 saturated carbocycles. The lowest BCUT2D eigenvalue weighted by Gasteiger charge is -2.31. The third-order valence-electron chi connectivity index (χ3n) is 5.22. The fourth-order valence-corrected chi connectivity index (χ4v) is 6.64. The third-order valence-corrected chi connectivity index (χ3v) is 9.04. The highest BCUT2D eigenvalue weighted by atomic mass is 35.5. The molecule has 2 heterocycles. The van der Waals surface area contributed by atoms with Crippen LogP contribution in [-0.2, 0) is 16.3 Å². The molecule has 0 radical (unpaired) electrons. The molecule has 1 aromatic heterocycles. The Bertz CT molecular complexity index is 1140. The number of piperidine rings is 1. The smallest absolute Gasteiger partial charge is 0.185 e. The zero-order valence-electron chi connectivity index (χ0n) is 15.9. The van der Waals surface area contributed by atoms with Crippen molar-refractivity contribution >= 4 is 49.5 Å². The number of aromatic nitrogens is 1. The highest BCUT2D eigenvalue weighted by Crippen LogP contribution is 2.30. The Balaban J connectivity index is 1.40. The second-order valence-electron chi connectivity index (χ2n) is 7.22.